The van der Waals surface area contributed by atoms with Crippen molar-refractivity contribution in [3.8, 4) is 0 Å². The highest BCUT2D eigenvalue weighted by Gasteiger charge is 2.47. The Labute approximate surface area is 264 Å². The predicted molar refractivity (Wildman–Crippen MR) is 165 cm³/mol. The number of ether oxygens (including phenoxy) is 1. The number of rotatable bonds is 8. The third kappa shape index (κ3) is 7.27. The van der Waals surface area contributed by atoms with E-state index in [4.69, 9.17) is 4.74 Å². The van der Waals surface area contributed by atoms with Crippen LogP contribution in [0.1, 0.15) is 70.5 Å². The Morgan fingerprint density at radius 1 is 1.04 bits per heavy atom. The molecule has 1 aliphatic carbocycles. The van der Waals surface area contributed by atoms with Crippen LogP contribution in [0.2, 0.25) is 0 Å². The number of alkyl halides is 1. The molecular weight excluding hydrogens is 581 g/mol. The van der Waals surface area contributed by atoms with Crippen LogP contribution >= 0.6 is 0 Å². The van der Waals surface area contributed by atoms with Crippen molar-refractivity contribution in [3.63, 3.8) is 0 Å². The van der Waals surface area contributed by atoms with E-state index >= 15 is 4.39 Å². The average Bonchev–Trinajstić information content (AvgIpc) is 3.60. The summed E-state index contributed by atoms with van der Waals surface area (Å²) in [5.41, 5.74) is 1.06. The topological polar surface area (TPSA) is 140 Å². The molecule has 0 bridgehead atoms. The monoisotopic (exact) mass is 629 g/mol. The summed E-state index contributed by atoms with van der Waals surface area (Å²) >= 11 is 0. The van der Waals surface area contributed by atoms with E-state index in [1.54, 1.807) is 11.8 Å². The Morgan fingerprint density at radius 2 is 1.76 bits per heavy atom. The Hall–Kier alpha value is -3.25. The normalized spacial score (nSPS) is 27.5. The predicted octanol–water partition coefficient (Wildman–Crippen LogP) is 2.64. The molecule has 248 valence electrons. The van der Waals surface area contributed by atoms with Crippen LogP contribution in [0.25, 0.3) is 0 Å². The van der Waals surface area contributed by atoms with Gasteiger partial charge in [0.25, 0.3) is 0 Å². The molecule has 11 nitrogen and oxygen atoms in total. The summed E-state index contributed by atoms with van der Waals surface area (Å²) in [5.74, 6) is -2.16. The number of nitrogens with one attached hydrogen (secondary N) is 3. The van der Waals surface area contributed by atoms with Crippen LogP contribution in [0, 0.1) is 17.3 Å². The second-order valence-corrected chi connectivity index (χ2v) is 14.2. The number of piperazine rings is 1. The number of halogens is 1. The lowest BCUT2D eigenvalue weighted by molar-refractivity contribution is -0.150. The van der Waals surface area contributed by atoms with Crippen molar-refractivity contribution >= 4 is 23.8 Å². The maximum Gasteiger partial charge on any atom is 0.404 e. The molecule has 0 radical (unpaired) electrons. The second kappa shape index (κ2) is 13.6. The molecule has 3 saturated heterocycles. The Morgan fingerprint density at radius 3 is 2.44 bits per heavy atom. The van der Waals surface area contributed by atoms with E-state index in [1.165, 1.54) is 0 Å². The van der Waals surface area contributed by atoms with E-state index < -0.39 is 59.6 Å². The number of fused-ring (bicyclic) bond motifs is 2. The van der Waals surface area contributed by atoms with Crippen molar-refractivity contribution in [3.05, 3.63) is 35.4 Å². The third-order valence-electron chi connectivity index (χ3n) is 10.2. The quantitative estimate of drug-likeness (QED) is 0.347. The molecule has 4 amide bonds. The minimum absolute atomic E-state index is 0.106. The fraction of sp³-hybridized carbons (Fsp3) is 0.697. The van der Waals surface area contributed by atoms with E-state index in [9.17, 15) is 24.3 Å². The molecule has 1 aromatic rings. The van der Waals surface area contributed by atoms with Crippen LogP contribution in [0.15, 0.2) is 24.3 Å². The van der Waals surface area contributed by atoms with E-state index in [0.717, 1.165) is 30.5 Å². The van der Waals surface area contributed by atoms with Gasteiger partial charge >= 0.3 is 6.09 Å². The van der Waals surface area contributed by atoms with Crippen LogP contribution in [0.5, 0.6) is 0 Å². The number of nitrogens with zero attached hydrogens (tertiary/aromatic N) is 2. The summed E-state index contributed by atoms with van der Waals surface area (Å²) < 4.78 is 20.8. The van der Waals surface area contributed by atoms with Gasteiger partial charge in [-0.05, 0) is 54.7 Å². The second-order valence-electron chi connectivity index (χ2n) is 14.2. The molecule has 1 unspecified atom stereocenters. The maximum atomic E-state index is 15.2. The minimum atomic E-state index is -1.26. The van der Waals surface area contributed by atoms with Crippen LogP contribution in [0.4, 0.5) is 9.18 Å². The number of carboxylic acid groups (broad SMARTS) is 1. The molecule has 5 rings (SSSR count). The molecular formula is C33H48FN5O6. The van der Waals surface area contributed by atoms with E-state index in [2.05, 4.69) is 20.9 Å². The lowest BCUT2D eigenvalue weighted by atomic mass is 9.79. The van der Waals surface area contributed by atoms with Gasteiger partial charge in [-0.3, -0.25) is 19.3 Å². The van der Waals surface area contributed by atoms with Gasteiger partial charge in [0.15, 0.2) is 0 Å². The van der Waals surface area contributed by atoms with Gasteiger partial charge < -0.3 is 30.7 Å². The molecule has 4 N–H and O–H groups in total. The van der Waals surface area contributed by atoms with Crippen LogP contribution in [0.3, 0.4) is 0 Å². The molecule has 3 aliphatic heterocycles. The lowest BCUT2D eigenvalue weighted by Gasteiger charge is -2.45. The number of carbonyl (C=O) groups is 4. The molecule has 1 aromatic carbocycles. The van der Waals surface area contributed by atoms with E-state index in [-0.39, 0.29) is 24.3 Å². The van der Waals surface area contributed by atoms with Crippen LogP contribution < -0.4 is 16.0 Å². The van der Waals surface area contributed by atoms with Gasteiger partial charge in [0.05, 0.1) is 12.0 Å². The Kier molecular flexibility index (Phi) is 10.0. The van der Waals surface area contributed by atoms with Gasteiger partial charge in [-0.25, -0.2) is 9.18 Å². The van der Waals surface area contributed by atoms with Gasteiger partial charge in [-0.2, -0.15) is 0 Å². The summed E-state index contributed by atoms with van der Waals surface area (Å²) in [6.07, 6.45) is 0.727. The SMILES string of the molecule is C[C@H](C(=O)N[C@H](C(=O)N1C[C@H]2CCCN2C[C@H]1C(=O)N[C@H]1c2ccccc2C[C@@H]1F)C1CCOCC1)C(NC(=O)O)C(C)(C)C. The molecule has 7 atom stereocenters. The molecule has 4 aliphatic rings. The Bertz CT molecular complexity index is 1270. The molecule has 45 heavy (non-hydrogen) atoms. The van der Waals surface area contributed by atoms with Crippen molar-refractivity contribution in [2.45, 2.75) is 96.2 Å². The zero-order valence-electron chi connectivity index (χ0n) is 26.8. The van der Waals surface area contributed by atoms with Gasteiger partial charge in [0.2, 0.25) is 17.7 Å². The fourth-order valence-electron chi connectivity index (χ4n) is 7.72. The molecule has 3 fully saturated rings. The number of benzene rings is 1. The number of carbonyl (C=O) groups excluding carboxylic acids is 3. The molecule has 0 aromatic heterocycles. The van der Waals surface area contributed by atoms with Crippen molar-refractivity contribution in [2.24, 2.45) is 17.3 Å². The number of hydrogen-bond donors (Lipinski definition) is 4. The van der Waals surface area contributed by atoms with Crippen molar-refractivity contribution < 1.29 is 33.4 Å². The summed E-state index contributed by atoms with van der Waals surface area (Å²) in [5, 5.41) is 17.9. The van der Waals surface area contributed by atoms with Gasteiger partial charge in [-0.1, -0.05) is 52.0 Å². The largest absolute Gasteiger partial charge is 0.465 e. The highest BCUT2D eigenvalue weighted by molar-refractivity contribution is 5.93. The van der Waals surface area contributed by atoms with E-state index in [0.29, 0.717) is 39.1 Å². The average molecular weight is 630 g/mol. The van der Waals surface area contributed by atoms with Crippen LogP contribution in [-0.4, -0.2) is 102 Å². The summed E-state index contributed by atoms with van der Waals surface area (Å²) in [6, 6.07) is 4.25. The molecule has 0 spiro atoms. The van der Waals surface area contributed by atoms with Crippen LogP contribution in [-0.2, 0) is 25.5 Å². The zero-order valence-corrected chi connectivity index (χ0v) is 26.8. The summed E-state index contributed by atoms with van der Waals surface area (Å²) in [4.78, 5) is 57.8. The third-order valence-corrected chi connectivity index (χ3v) is 10.2. The van der Waals surface area contributed by atoms with E-state index in [1.807, 2.05) is 45.0 Å². The fourth-order valence-corrected chi connectivity index (χ4v) is 7.72. The highest BCUT2D eigenvalue weighted by Crippen LogP contribution is 2.35. The lowest BCUT2D eigenvalue weighted by Crippen LogP contribution is -2.66. The first-order valence-corrected chi connectivity index (χ1v) is 16.3. The molecule has 3 heterocycles. The van der Waals surface area contributed by atoms with Crippen molar-refractivity contribution in [2.75, 3.05) is 32.8 Å². The summed E-state index contributed by atoms with van der Waals surface area (Å²) in [7, 11) is 0. The molecule has 12 heteroatoms. The first-order chi connectivity index (χ1) is 21.3. The number of amides is 4. The minimum Gasteiger partial charge on any atom is -0.465 e. The van der Waals surface area contributed by atoms with Gasteiger partial charge in [0, 0.05) is 44.8 Å². The maximum absolute atomic E-state index is 15.2. The first-order valence-electron chi connectivity index (χ1n) is 16.3. The Balaban J connectivity index is 1.40. The zero-order chi connectivity index (χ0) is 32.5. The first kappa shape index (κ1) is 33.1. The summed E-state index contributed by atoms with van der Waals surface area (Å²) in [6.45, 7) is 9.63. The van der Waals surface area contributed by atoms with Gasteiger partial charge in [-0.15, -0.1) is 0 Å². The van der Waals surface area contributed by atoms with Gasteiger partial charge in [0.1, 0.15) is 18.3 Å². The highest BCUT2D eigenvalue weighted by atomic mass is 19.1. The number of hydrogen-bond acceptors (Lipinski definition) is 6. The smallest absolute Gasteiger partial charge is 0.404 e. The van der Waals surface area contributed by atoms with Crippen molar-refractivity contribution in [1.29, 1.82) is 0 Å². The van der Waals surface area contributed by atoms with Crippen molar-refractivity contribution in [1.82, 2.24) is 25.8 Å². The standard InChI is InChI=1S/C33H48FN5O6/c1-19(28(33(2,3)4)37-32(43)44)29(40)35-26(20-11-14-45-15-12-20)31(42)39-17-22-9-7-13-38(22)18-25(39)30(41)36-27-23-10-6-5-8-21(23)16-24(27)34/h5-6,8,10,19-20,22,24-28,37H,7,9,11-18H2,1-4H3,(H,35,40)(H,36,41)(H,43,44)/t19-,22+,24-,25-,26-,27-,28?/m0/s1. The molecule has 0 saturated carbocycles.